The molecule has 19 atom stereocenters. The molecule has 1 saturated carbocycles. The van der Waals surface area contributed by atoms with Gasteiger partial charge < -0.3 is 89.1 Å². The molecule has 0 bridgehead atoms. The van der Waals surface area contributed by atoms with Crippen LogP contribution in [0, 0.1) is 5.92 Å². The maximum Gasteiger partial charge on any atom is 0.472 e. The van der Waals surface area contributed by atoms with E-state index in [1.807, 2.05) is 6.08 Å². The maximum absolute atomic E-state index is 14.3. The predicted molar refractivity (Wildman–Crippen MR) is 379 cm³/mol. The molecular formula is C75H135O24P. The summed E-state index contributed by atoms with van der Waals surface area (Å²) in [5.74, 6) is -1.57. The Morgan fingerprint density at radius 1 is 0.440 bits per heavy atom. The van der Waals surface area contributed by atoms with Gasteiger partial charge in [0.1, 0.15) is 98.7 Å². The van der Waals surface area contributed by atoms with Crippen molar-refractivity contribution >= 4 is 25.7 Å². The number of esters is 3. The largest absolute Gasteiger partial charge is 0.472 e. The molecule has 3 aliphatic rings. The van der Waals surface area contributed by atoms with Crippen LogP contribution in [0.5, 0.6) is 0 Å². The average molecular weight is 1450 g/mol. The maximum atomic E-state index is 14.3. The predicted octanol–water partition coefficient (Wildman–Crippen LogP) is 10.9. The number of aliphatic hydroxyl groups excluding tert-OH is 10. The van der Waals surface area contributed by atoms with Gasteiger partial charge in [-0.2, -0.15) is 0 Å². The molecule has 100 heavy (non-hydrogen) atoms. The number of hydrogen-bond donors (Lipinski definition) is 11. The Labute approximate surface area is 597 Å². The second-order valence-corrected chi connectivity index (χ2v) is 29.5. The first-order valence-corrected chi connectivity index (χ1v) is 40.2. The van der Waals surface area contributed by atoms with Gasteiger partial charge in [0.05, 0.1) is 13.2 Å². The summed E-state index contributed by atoms with van der Waals surface area (Å²) in [5, 5.41) is 110. The molecule has 3 fully saturated rings. The van der Waals surface area contributed by atoms with Crippen molar-refractivity contribution < 1.29 is 117 Å². The third-order valence-electron chi connectivity index (χ3n) is 19.1. The SMILES string of the molecule is CCCCCCCCC/C=C\CCCCCC(=O)OCC(COP(=O)(O)OC1C(OC2OC(CO)C(O)C(O)C2O)C(O)C(O)C(O)C1OC1OC(COC(=O)CCCCCCCCC(C)CCCCCCCC)C(O)C(O)C1O)OC(=O)/C=C/C=C/CCCCCCCCCCCCC. The Balaban J connectivity index is 1.75. The molecule has 25 heteroatoms. The minimum atomic E-state index is -5.73. The summed E-state index contributed by atoms with van der Waals surface area (Å²) in [5.41, 5.74) is 0. The van der Waals surface area contributed by atoms with Crippen molar-refractivity contribution in [1.82, 2.24) is 0 Å². The van der Waals surface area contributed by atoms with E-state index in [1.165, 1.54) is 147 Å². The van der Waals surface area contributed by atoms with Gasteiger partial charge in [-0.05, 0) is 57.3 Å². The van der Waals surface area contributed by atoms with Crippen molar-refractivity contribution in [2.45, 2.75) is 389 Å². The second kappa shape index (κ2) is 55.6. The third-order valence-corrected chi connectivity index (χ3v) is 20.1. The lowest BCUT2D eigenvalue weighted by Crippen LogP contribution is -2.69. The molecule has 1 aliphatic carbocycles. The van der Waals surface area contributed by atoms with Crippen LogP contribution in [0.2, 0.25) is 0 Å². The van der Waals surface area contributed by atoms with Crippen molar-refractivity contribution in [3.8, 4) is 0 Å². The molecule has 19 unspecified atom stereocenters. The van der Waals surface area contributed by atoms with Gasteiger partial charge in [-0.3, -0.25) is 18.6 Å². The number of hydrogen-bond acceptors (Lipinski definition) is 23. The van der Waals surface area contributed by atoms with Gasteiger partial charge in [0.25, 0.3) is 0 Å². The minimum Gasteiger partial charge on any atom is -0.463 e. The molecule has 2 saturated heterocycles. The Hall–Kier alpha value is -2.82. The van der Waals surface area contributed by atoms with Crippen molar-refractivity contribution in [2.24, 2.45) is 5.92 Å². The van der Waals surface area contributed by atoms with Gasteiger partial charge in [-0.15, -0.1) is 0 Å². The molecule has 11 N–H and O–H groups in total. The van der Waals surface area contributed by atoms with E-state index in [2.05, 4.69) is 39.8 Å². The zero-order chi connectivity index (χ0) is 73.3. The van der Waals surface area contributed by atoms with Crippen LogP contribution in [0.1, 0.15) is 285 Å². The fraction of sp³-hybridized carbons (Fsp3) is 0.880. The summed E-state index contributed by atoms with van der Waals surface area (Å²) in [6.07, 6.45) is 17.1. The van der Waals surface area contributed by atoms with Crippen LogP contribution in [0.15, 0.2) is 36.5 Å². The second-order valence-electron chi connectivity index (χ2n) is 28.1. The highest BCUT2D eigenvalue weighted by molar-refractivity contribution is 7.47. The molecule has 24 nitrogen and oxygen atoms in total. The third kappa shape index (κ3) is 38.4. The van der Waals surface area contributed by atoms with Crippen molar-refractivity contribution in [3.63, 3.8) is 0 Å². The lowest BCUT2D eigenvalue weighted by Gasteiger charge is -2.49. The fourth-order valence-corrected chi connectivity index (χ4v) is 13.7. The standard InChI is InChI=1S/C75H135O24P/c1-5-8-11-14-17-19-21-23-25-27-29-31-33-40-45-50-61(79)94-56(52-91-59(77)48-43-38-32-30-28-26-24-22-20-18-15-12-9-6-2)53-93-100(89,90)99-73-71(97-74-69(87)64(82)62(80)57(51-76)95-74)67(85)66(84)68(86)72(73)98-75-70(88)65(83)63(81)58(96-75)54-92-60(78)49-44-39-35-34-37-42-47-55(4)46-41-36-16-13-10-7-3/h26,28,33,40,45,50,55-58,62-76,80-88H,5-25,27,29-32,34-39,41-44,46-49,51-54H2,1-4H3,(H,89,90)/b28-26-,40-33+,50-45+. The molecule has 0 aromatic carbocycles. The van der Waals surface area contributed by atoms with Gasteiger partial charge in [0.15, 0.2) is 18.7 Å². The molecule has 0 radical (unpaired) electrons. The quantitative estimate of drug-likeness (QED) is 0.00512. The lowest BCUT2D eigenvalue weighted by molar-refractivity contribution is -0.360. The van der Waals surface area contributed by atoms with Crippen LogP contribution in [0.3, 0.4) is 0 Å². The topological polar surface area (TPSA) is 374 Å². The Morgan fingerprint density at radius 3 is 1.30 bits per heavy atom. The highest BCUT2D eigenvalue weighted by Crippen LogP contribution is 2.49. The van der Waals surface area contributed by atoms with E-state index in [0.717, 1.165) is 96.0 Å². The minimum absolute atomic E-state index is 0.00453. The summed E-state index contributed by atoms with van der Waals surface area (Å²) in [7, 11) is -5.73. The smallest absolute Gasteiger partial charge is 0.463 e. The summed E-state index contributed by atoms with van der Waals surface area (Å²) in [6, 6.07) is 0. The Bertz CT molecular complexity index is 2220. The van der Waals surface area contributed by atoms with Crippen LogP contribution in [-0.2, 0) is 61.2 Å². The van der Waals surface area contributed by atoms with Gasteiger partial charge in [0.2, 0.25) is 0 Å². The van der Waals surface area contributed by atoms with Crippen LogP contribution in [0.4, 0.5) is 0 Å². The molecule has 2 heterocycles. The lowest BCUT2D eigenvalue weighted by atomic mass is 9.84. The molecule has 0 spiro atoms. The van der Waals surface area contributed by atoms with Crippen molar-refractivity contribution in [2.75, 3.05) is 26.4 Å². The number of ether oxygens (including phenoxy) is 7. The molecular weight excluding hydrogens is 1320 g/mol. The normalized spacial score (nSPS) is 27.8. The average Bonchev–Trinajstić information content (AvgIpc) is 0.762. The van der Waals surface area contributed by atoms with Gasteiger partial charge in [0, 0.05) is 18.9 Å². The Morgan fingerprint density at radius 2 is 0.830 bits per heavy atom. The number of carbonyl (C=O) groups is 3. The van der Waals surface area contributed by atoms with E-state index in [4.69, 9.17) is 42.2 Å². The molecule has 0 aromatic rings. The molecule has 3 rings (SSSR count). The van der Waals surface area contributed by atoms with Crippen LogP contribution in [0.25, 0.3) is 0 Å². The van der Waals surface area contributed by atoms with Crippen LogP contribution < -0.4 is 0 Å². The van der Waals surface area contributed by atoms with E-state index in [-0.39, 0.29) is 12.8 Å². The molecule has 584 valence electrons. The molecule has 0 amide bonds. The number of phosphoric ester groups is 1. The van der Waals surface area contributed by atoms with E-state index in [1.54, 1.807) is 6.08 Å². The zero-order valence-corrected chi connectivity index (χ0v) is 62.0. The Kier molecular flexibility index (Phi) is 50.8. The van der Waals surface area contributed by atoms with Gasteiger partial charge in [-0.25, -0.2) is 9.36 Å². The molecule has 0 aromatic heterocycles. The number of allylic oxidation sites excluding steroid dienone is 5. The van der Waals surface area contributed by atoms with E-state index >= 15 is 0 Å². The van der Waals surface area contributed by atoms with Crippen molar-refractivity contribution in [1.29, 1.82) is 0 Å². The number of rotatable bonds is 59. The summed E-state index contributed by atoms with van der Waals surface area (Å²) in [6.45, 7) is 5.64. The number of phosphoric acid groups is 1. The fourth-order valence-electron chi connectivity index (χ4n) is 12.7. The van der Waals surface area contributed by atoms with Crippen LogP contribution in [-0.4, -0.2) is 204 Å². The monoisotopic (exact) mass is 1450 g/mol. The highest BCUT2D eigenvalue weighted by Gasteiger charge is 2.58. The summed E-state index contributed by atoms with van der Waals surface area (Å²) >= 11 is 0. The first kappa shape index (κ1) is 91.4. The number of unbranched alkanes of at least 4 members (excludes halogenated alkanes) is 31. The van der Waals surface area contributed by atoms with E-state index in [0.29, 0.717) is 18.8 Å². The van der Waals surface area contributed by atoms with E-state index < -0.39 is 156 Å². The van der Waals surface area contributed by atoms with Gasteiger partial charge >= 0.3 is 25.7 Å². The summed E-state index contributed by atoms with van der Waals surface area (Å²) in [4.78, 5) is 50.9. The van der Waals surface area contributed by atoms with Crippen LogP contribution >= 0.6 is 7.82 Å². The zero-order valence-electron chi connectivity index (χ0n) is 61.1. The first-order chi connectivity index (χ1) is 48.2. The molecule has 2 aliphatic heterocycles. The van der Waals surface area contributed by atoms with Gasteiger partial charge in [-0.1, -0.05) is 251 Å². The summed E-state index contributed by atoms with van der Waals surface area (Å²) < 4.78 is 64.8. The number of aliphatic hydroxyl groups is 10. The van der Waals surface area contributed by atoms with Crippen molar-refractivity contribution in [3.05, 3.63) is 36.5 Å². The number of carbonyl (C=O) groups excluding carboxylic acids is 3. The first-order valence-electron chi connectivity index (χ1n) is 38.7. The van der Waals surface area contributed by atoms with E-state index in [9.17, 15) is 74.9 Å². The highest BCUT2D eigenvalue weighted by atomic mass is 31.2.